The summed E-state index contributed by atoms with van der Waals surface area (Å²) in [5, 5.41) is 0. The third-order valence-corrected chi connectivity index (χ3v) is 5.69. The lowest BCUT2D eigenvalue weighted by atomic mass is 10.1. The van der Waals surface area contributed by atoms with E-state index in [0.717, 1.165) is 0 Å². The number of benzene rings is 1. The molecule has 2 rings (SSSR count). The first-order valence-electron chi connectivity index (χ1n) is 7.03. The zero-order valence-corrected chi connectivity index (χ0v) is 12.9. The van der Waals surface area contributed by atoms with Crippen LogP contribution in [0.3, 0.4) is 0 Å². The molecule has 0 radical (unpaired) electrons. The molecule has 1 aromatic rings. The quantitative estimate of drug-likeness (QED) is 0.888. The van der Waals surface area contributed by atoms with E-state index in [1.807, 2.05) is 0 Å². The standard InChI is InChI=1S/C14H21FN2O3S/c1-11-10-12(15)2-3-14(11)21(18,19)17-7-4-13(5-8-17)20-9-6-16/h2-3,10,13H,4-9,16H2,1H3. The van der Waals surface area contributed by atoms with Crippen molar-refractivity contribution in [1.82, 2.24) is 4.31 Å². The molecule has 0 amide bonds. The molecule has 0 bridgehead atoms. The van der Waals surface area contributed by atoms with Gasteiger partial charge in [-0.05, 0) is 43.5 Å². The molecule has 1 fully saturated rings. The number of halogens is 1. The Morgan fingerprint density at radius 1 is 1.38 bits per heavy atom. The number of rotatable bonds is 5. The van der Waals surface area contributed by atoms with Gasteiger partial charge in [0.1, 0.15) is 5.82 Å². The minimum atomic E-state index is -3.57. The van der Waals surface area contributed by atoms with Crippen molar-refractivity contribution in [2.75, 3.05) is 26.2 Å². The molecule has 2 N–H and O–H groups in total. The fourth-order valence-corrected chi connectivity index (χ4v) is 4.19. The SMILES string of the molecule is Cc1cc(F)ccc1S(=O)(=O)N1CCC(OCCN)CC1. The van der Waals surface area contributed by atoms with Crippen molar-refractivity contribution >= 4 is 10.0 Å². The molecule has 1 heterocycles. The number of nitrogens with two attached hydrogens (primary N) is 1. The van der Waals surface area contributed by atoms with Gasteiger partial charge >= 0.3 is 0 Å². The van der Waals surface area contributed by atoms with E-state index in [9.17, 15) is 12.8 Å². The maximum Gasteiger partial charge on any atom is 0.243 e. The van der Waals surface area contributed by atoms with Gasteiger partial charge in [0.15, 0.2) is 0 Å². The number of ether oxygens (including phenoxy) is 1. The van der Waals surface area contributed by atoms with Crippen molar-refractivity contribution in [3.8, 4) is 0 Å². The van der Waals surface area contributed by atoms with E-state index in [-0.39, 0.29) is 11.0 Å². The van der Waals surface area contributed by atoms with Gasteiger partial charge in [-0.2, -0.15) is 4.31 Å². The molecule has 0 aromatic heterocycles. The zero-order valence-electron chi connectivity index (χ0n) is 12.1. The lowest BCUT2D eigenvalue weighted by molar-refractivity contribution is 0.0257. The average molecular weight is 316 g/mol. The molecule has 1 aliphatic heterocycles. The zero-order chi connectivity index (χ0) is 15.5. The first-order valence-corrected chi connectivity index (χ1v) is 8.47. The van der Waals surface area contributed by atoms with E-state index in [1.54, 1.807) is 6.92 Å². The highest BCUT2D eigenvalue weighted by molar-refractivity contribution is 7.89. The van der Waals surface area contributed by atoms with Crippen molar-refractivity contribution in [1.29, 1.82) is 0 Å². The van der Waals surface area contributed by atoms with Crippen LogP contribution in [0.5, 0.6) is 0 Å². The maximum atomic E-state index is 13.1. The second-order valence-electron chi connectivity index (χ2n) is 5.17. The Balaban J connectivity index is 2.08. The normalized spacial score (nSPS) is 18.0. The summed E-state index contributed by atoms with van der Waals surface area (Å²) in [5.74, 6) is -0.430. The summed E-state index contributed by atoms with van der Waals surface area (Å²) in [6, 6.07) is 3.75. The fraction of sp³-hybridized carbons (Fsp3) is 0.571. The van der Waals surface area contributed by atoms with Gasteiger partial charge in [-0.25, -0.2) is 12.8 Å². The van der Waals surface area contributed by atoms with Crippen LogP contribution in [0.15, 0.2) is 23.1 Å². The molecule has 0 unspecified atom stereocenters. The number of hydrogen-bond acceptors (Lipinski definition) is 4. The van der Waals surface area contributed by atoms with Crippen LogP contribution in [0.2, 0.25) is 0 Å². The predicted molar refractivity (Wildman–Crippen MR) is 77.9 cm³/mol. The second-order valence-corrected chi connectivity index (χ2v) is 7.08. The Bertz CT molecular complexity index is 584. The van der Waals surface area contributed by atoms with Crippen molar-refractivity contribution in [2.45, 2.75) is 30.8 Å². The molecule has 7 heteroatoms. The Kier molecular flexibility index (Phi) is 5.32. The van der Waals surface area contributed by atoms with Gasteiger partial charge < -0.3 is 10.5 Å². The summed E-state index contributed by atoms with van der Waals surface area (Å²) in [4.78, 5) is 0.172. The molecule has 0 saturated carbocycles. The third kappa shape index (κ3) is 3.79. The summed E-state index contributed by atoms with van der Waals surface area (Å²) in [7, 11) is -3.57. The summed E-state index contributed by atoms with van der Waals surface area (Å²) in [6.07, 6.45) is 1.37. The average Bonchev–Trinajstić information content (AvgIpc) is 2.45. The second kappa shape index (κ2) is 6.83. The molecule has 0 spiro atoms. The molecule has 21 heavy (non-hydrogen) atoms. The number of nitrogens with zero attached hydrogens (tertiary/aromatic N) is 1. The molecule has 1 saturated heterocycles. The molecular weight excluding hydrogens is 295 g/mol. The first kappa shape index (κ1) is 16.4. The highest BCUT2D eigenvalue weighted by atomic mass is 32.2. The van der Waals surface area contributed by atoms with Gasteiger partial charge in [0.25, 0.3) is 0 Å². The number of sulfonamides is 1. The molecule has 118 valence electrons. The molecule has 0 atom stereocenters. The lowest BCUT2D eigenvalue weighted by Gasteiger charge is -2.31. The van der Waals surface area contributed by atoms with E-state index < -0.39 is 15.8 Å². The molecule has 1 aromatic carbocycles. The largest absolute Gasteiger partial charge is 0.377 e. The summed E-state index contributed by atoms with van der Waals surface area (Å²) < 4.78 is 45.3. The van der Waals surface area contributed by atoms with Gasteiger partial charge in [-0.1, -0.05) is 0 Å². The monoisotopic (exact) mass is 316 g/mol. The van der Waals surface area contributed by atoms with Crippen LogP contribution in [-0.4, -0.2) is 45.1 Å². The lowest BCUT2D eigenvalue weighted by Crippen LogP contribution is -2.41. The van der Waals surface area contributed by atoms with E-state index in [4.69, 9.17) is 10.5 Å². The van der Waals surface area contributed by atoms with Gasteiger partial charge in [0.2, 0.25) is 10.0 Å². The first-order chi connectivity index (χ1) is 9.95. The smallest absolute Gasteiger partial charge is 0.243 e. The van der Waals surface area contributed by atoms with Crippen LogP contribution in [0.4, 0.5) is 4.39 Å². The van der Waals surface area contributed by atoms with Crippen LogP contribution < -0.4 is 5.73 Å². The predicted octanol–water partition coefficient (Wildman–Crippen LogP) is 1.26. The van der Waals surface area contributed by atoms with Gasteiger partial charge in [-0.3, -0.25) is 0 Å². The van der Waals surface area contributed by atoms with E-state index in [2.05, 4.69) is 0 Å². The minimum Gasteiger partial charge on any atom is -0.377 e. The van der Waals surface area contributed by atoms with Crippen molar-refractivity contribution in [3.05, 3.63) is 29.6 Å². The van der Waals surface area contributed by atoms with Gasteiger partial charge in [-0.15, -0.1) is 0 Å². The van der Waals surface area contributed by atoms with Gasteiger partial charge in [0.05, 0.1) is 17.6 Å². The number of piperidine rings is 1. The number of aryl methyl sites for hydroxylation is 1. The fourth-order valence-electron chi connectivity index (χ4n) is 2.52. The van der Waals surface area contributed by atoms with Crippen LogP contribution in [-0.2, 0) is 14.8 Å². The third-order valence-electron chi connectivity index (χ3n) is 3.63. The van der Waals surface area contributed by atoms with Crippen LogP contribution >= 0.6 is 0 Å². The minimum absolute atomic E-state index is 0.0642. The van der Waals surface area contributed by atoms with Crippen LogP contribution in [0, 0.1) is 12.7 Å². The highest BCUT2D eigenvalue weighted by Crippen LogP contribution is 2.24. The van der Waals surface area contributed by atoms with E-state index in [1.165, 1.54) is 22.5 Å². The van der Waals surface area contributed by atoms with Crippen LogP contribution in [0.1, 0.15) is 18.4 Å². The summed E-state index contributed by atoms with van der Waals surface area (Å²) >= 11 is 0. The highest BCUT2D eigenvalue weighted by Gasteiger charge is 2.30. The Morgan fingerprint density at radius 2 is 2.05 bits per heavy atom. The van der Waals surface area contributed by atoms with Crippen molar-refractivity contribution in [2.24, 2.45) is 5.73 Å². The Hall–Kier alpha value is -1.02. The Morgan fingerprint density at radius 3 is 2.62 bits per heavy atom. The molecule has 5 nitrogen and oxygen atoms in total. The van der Waals surface area contributed by atoms with Crippen LogP contribution in [0.25, 0.3) is 0 Å². The molecular formula is C14H21FN2O3S. The summed E-state index contributed by atoms with van der Waals surface area (Å²) in [6.45, 7) is 3.39. The maximum absolute atomic E-state index is 13.1. The van der Waals surface area contributed by atoms with Crippen molar-refractivity contribution < 1.29 is 17.5 Å². The summed E-state index contributed by atoms with van der Waals surface area (Å²) in [5.41, 5.74) is 5.81. The van der Waals surface area contributed by atoms with E-state index in [0.29, 0.717) is 44.6 Å². The van der Waals surface area contributed by atoms with E-state index >= 15 is 0 Å². The topological polar surface area (TPSA) is 72.6 Å². The van der Waals surface area contributed by atoms with Gasteiger partial charge in [0, 0.05) is 19.6 Å². The molecule has 1 aliphatic rings. The Labute approximate surface area is 124 Å². The molecule has 0 aliphatic carbocycles. The number of hydrogen-bond donors (Lipinski definition) is 1. The van der Waals surface area contributed by atoms with Crippen molar-refractivity contribution in [3.63, 3.8) is 0 Å².